The van der Waals surface area contributed by atoms with Crippen LogP contribution in [0.4, 0.5) is 0 Å². The van der Waals surface area contributed by atoms with Gasteiger partial charge in [-0.15, -0.1) is 0 Å². The Labute approximate surface area is 91.5 Å². The molecule has 0 aliphatic heterocycles. The monoisotopic (exact) mass is 263 g/mol. The number of hydrogen-bond acceptors (Lipinski definition) is 3. The molecule has 1 aromatic heterocycles. The molecule has 0 aliphatic carbocycles. The Hall–Kier alpha value is -0.0900. The van der Waals surface area contributed by atoms with E-state index in [0.29, 0.717) is 0 Å². The van der Waals surface area contributed by atoms with E-state index < -0.39 is 0 Å². The van der Waals surface area contributed by atoms with E-state index in [2.05, 4.69) is 27.8 Å². The van der Waals surface area contributed by atoms with Gasteiger partial charge in [0, 0.05) is 5.38 Å². The average molecular weight is 264 g/mol. The Morgan fingerprint density at radius 1 is 1.46 bits per heavy atom. The Morgan fingerprint density at radius 2 is 2.31 bits per heavy atom. The lowest BCUT2D eigenvalue weighted by Gasteiger charge is -2.00. The van der Waals surface area contributed by atoms with E-state index in [9.17, 15) is 0 Å². The van der Waals surface area contributed by atoms with E-state index in [-0.39, 0.29) is 0 Å². The van der Waals surface area contributed by atoms with Gasteiger partial charge in [0.2, 0.25) is 0 Å². The van der Waals surface area contributed by atoms with Crippen LogP contribution in [0.1, 0.15) is 32.6 Å². The van der Waals surface area contributed by atoms with E-state index in [1.807, 2.05) is 5.38 Å². The van der Waals surface area contributed by atoms with E-state index in [4.69, 9.17) is 4.74 Å². The standard InChI is InChI=1S/C9H14BrNOS/c1-2-3-4-5-6-12-9-11-8(10)7-13-9/h7H,2-6H2,1H3. The Kier molecular flexibility index (Phi) is 5.39. The molecule has 0 radical (unpaired) electrons. The quantitative estimate of drug-likeness (QED) is 0.728. The van der Waals surface area contributed by atoms with Crippen LogP contribution in [0.5, 0.6) is 5.19 Å². The minimum absolute atomic E-state index is 0.767. The average Bonchev–Trinajstić information content (AvgIpc) is 2.51. The highest BCUT2D eigenvalue weighted by Crippen LogP contribution is 2.21. The summed E-state index contributed by atoms with van der Waals surface area (Å²) in [4.78, 5) is 4.14. The van der Waals surface area contributed by atoms with Crippen molar-refractivity contribution in [1.29, 1.82) is 0 Å². The maximum atomic E-state index is 5.45. The van der Waals surface area contributed by atoms with Gasteiger partial charge in [-0.05, 0) is 22.4 Å². The highest BCUT2D eigenvalue weighted by molar-refractivity contribution is 9.10. The van der Waals surface area contributed by atoms with E-state index in [1.165, 1.54) is 30.6 Å². The normalized spacial score (nSPS) is 10.3. The SMILES string of the molecule is CCCCCCOc1nc(Br)cs1. The summed E-state index contributed by atoms with van der Waals surface area (Å²) in [6, 6.07) is 0. The van der Waals surface area contributed by atoms with Gasteiger partial charge in [0.1, 0.15) is 4.60 Å². The summed E-state index contributed by atoms with van der Waals surface area (Å²) in [5.41, 5.74) is 0. The maximum absolute atomic E-state index is 5.45. The minimum Gasteiger partial charge on any atom is -0.470 e. The van der Waals surface area contributed by atoms with Gasteiger partial charge in [0.15, 0.2) is 0 Å². The molecular weight excluding hydrogens is 250 g/mol. The minimum atomic E-state index is 0.767. The molecule has 0 amide bonds. The van der Waals surface area contributed by atoms with Gasteiger partial charge in [-0.2, -0.15) is 4.98 Å². The smallest absolute Gasteiger partial charge is 0.274 e. The summed E-state index contributed by atoms with van der Waals surface area (Å²) in [5.74, 6) is 0. The molecule has 0 fully saturated rings. The van der Waals surface area contributed by atoms with Crippen LogP contribution in [0.15, 0.2) is 9.98 Å². The molecule has 1 aromatic rings. The third-order valence-corrected chi connectivity index (χ3v) is 3.14. The zero-order chi connectivity index (χ0) is 9.52. The van der Waals surface area contributed by atoms with Crippen LogP contribution in [0.2, 0.25) is 0 Å². The highest BCUT2D eigenvalue weighted by Gasteiger charge is 1.98. The van der Waals surface area contributed by atoms with Crippen LogP contribution in [0.3, 0.4) is 0 Å². The van der Waals surface area contributed by atoms with Crippen molar-refractivity contribution in [3.8, 4) is 5.19 Å². The largest absolute Gasteiger partial charge is 0.470 e. The first-order valence-electron chi connectivity index (χ1n) is 4.56. The third-order valence-electron chi connectivity index (χ3n) is 1.68. The molecule has 0 spiro atoms. The molecule has 0 bridgehead atoms. The van der Waals surface area contributed by atoms with Gasteiger partial charge in [0.05, 0.1) is 6.61 Å². The van der Waals surface area contributed by atoms with Crippen LogP contribution < -0.4 is 4.74 Å². The number of thiazole rings is 1. The van der Waals surface area contributed by atoms with Gasteiger partial charge in [-0.25, -0.2) is 0 Å². The fourth-order valence-electron chi connectivity index (χ4n) is 0.994. The number of unbranched alkanes of at least 4 members (excludes halogenated alkanes) is 3. The number of halogens is 1. The lowest BCUT2D eigenvalue weighted by molar-refractivity contribution is 0.303. The van der Waals surface area contributed by atoms with Crippen LogP contribution in [-0.4, -0.2) is 11.6 Å². The number of nitrogens with zero attached hydrogens (tertiary/aromatic N) is 1. The lowest BCUT2D eigenvalue weighted by Crippen LogP contribution is -1.96. The summed E-state index contributed by atoms with van der Waals surface area (Å²) in [6.45, 7) is 3.00. The molecule has 0 saturated carbocycles. The van der Waals surface area contributed by atoms with Gasteiger partial charge in [-0.1, -0.05) is 37.5 Å². The summed E-state index contributed by atoms with van der Waals surface area (Å²) in [6.07, 6.45) is 4.95. The molecule has 0 saturated heterocycles. The molecule has 1 rings (SSSR count). The maximum Gasteiger partial charge on any atom is 0.274 e. The van der Waals surface area contributed by atoms with Crippen LogP contribution >= 0.6 is 27.3 Å². The van der Waals surface area contributed by atoms with Gasteiger partial charge < -0.3 is 4.74 Å². The Morgan fingerprint density at radius 3 is 2.92 bits per heavy atom. The molecule has 1 heterocycles. The second-order valence-corrected chi connectivity index (χ2v) is 4.48. The lowest BCUT2D eigenvalue weighted by atomic mass is 10.2. The van der Waals surface area contributed by atoms with Crippen molar-refractivity contribution in [2.24, 2.45) is 0 Å². The third kappa shape index (κ3) is 4.62. The topological polar surface area (TPSA) is 22.1 Å². The van der Waals surface area contributed by atoms with Crippen molar-refractivity contribution in [2.45, 2.75) is 32.6 Å². The molecule has 0 unspecified atom stereocenters. The fraction of sp³-hybridized carbons (Fsp3) is 0.667. The van der Waals surface area contributed by atoms with Crippen LogP contribution in [0, 0.1) is 0 Å². The molecule has 0 atom stereocenters. The van der Waals surface area contributed by atoms with Crippen molar-refractivity contribution in [3.05, 3.63) is 9.98 Å². The van der Waals surface area contributed by atoms with Crippen LogP contribution in [-0.2, 0) is 0 Å². The summed E-state index contributed by atoms with van der Waals surface area (Å²) in [5, 5.41) is 2.70. The second kappa shape index (κ2) is 6.38. The highest BCUT2D eigenvalue weighted by atomic mass is 79.9. The molecule has 74 valence electrons. The molecule has 0 aliphatic rings. The van der Waals surface area contributed by atoms with Crippen molar-refractivity contribution >= 4 is 27.3 Å². The molecule has 13 heavy (non-hydrogen) atoms. The predicted molar refractivity (Wildman–Crippen MR) is 59.5 cm³/mol. The summed E-state index contributed by atoms with van der Waals surface area (Å²) < 4.78 is 6.31. The van der Waals surface area contributed by atoms with Crippen molar-refractivity contribution in [1.82, 2.24) is 4.98 Å². The molecule has 2 nitrogen and oxygen atoms in total. The number of hydrogen-bond donors (Lipinski definition) is 0. The second-order valence-electron chi connectivity index (χ2n) is 2.85. The number of ether oxygens (including phenoxy) is 1. The zero-order valence-electron chi connectivity index (χ0n) is 7.75. The molecule has 4 heteroatoms. The first kappa shape index (κ1) is 11.0. The van der Waals surface area contributed by atoms with Gasteiger partial charge in [-0.3, -0.25) is 0 Å². The van der Waals surface area contributed by atoms with Gasteiger partial charge in [0.25, 0.3) is 5.19 Å². The first-order chi connectivity index (χ1) is 6.33. The molecule has 0 aromatic carbocycles. The summed E-state index contributed by atoms with van der Waals surface area (Å²) in [7, 11) is 0. The fourth-order valence-corrected chi connectivity index (χ4v) is 2.11. The van der Waals surface area contributed by atoms with E-state index >= 15 is 0 Å². The number of rotatable bonds is 6. The van der Waals surface area contributed by atoms with E-state index in [0.717, 1.165) is 22.8 Å². The van der Waals surface area contributed by atoms with Crippen molar-refractivity contribution in [3.63, 3.8) is 0 Å². The molecule has 0 N–H and O–H groups in total. The molecular formula is C9H14BrNOS. The number of aromatic nitrogens is 1. The predicted octanol–water partition coefficient (Wildman–Crippen LogP) is 3.86. The van der Waals surface area contributed by atoms with Crippen molar-refractivity contribution < 1.29 is 4.74 Å². The zero-order valence-corrected chi connectivity index (χ0v) is 10.2. The van der Waals surface area contributed by atoms with E-state index in [1.54, 1.807) is 0 Å². The van der Waals surface area contributed by atoms with Crippen LogP contribution in [0.25, 0.3) is 0 Å². The van der Waals surface area contributed by atoms with Gasteiger partial charge >= 0.3 is 0 Å². The Balaban J connectivity index is 2.06. The Bertz CT molecular complexity index is 239. The first-order valence-corrected chi connectivity index (χ1v) is 6.24. The summed E-state index contributed by atoms with van der Waals surface area (Å²) >= 11 is 4.82. The van der Waals surface area contributed by atoms with Crippen molar-refractivity contribution in [2.75, 3.05) is 6.61 Å².